The molecule has 1 heterocycles. The number of carbonyl (C=O) groups is 2. The van der Waals surface area contributed by atoms with Crippen LogP contribution in [-0.2, 0) is 19.7 Å². The molecule has 5 heteroatoms. The standard InChI is InChI=1S/C19H25NO4/c1-13-4-2-3-5-16(13)19(8-10-24-11-9-19)12-20-17(21)14-6-7-15(14)18(22)23/h2-5,14-15H,6-12H2,1H3,(H,20,21)(H,22,23). The van der Waals surface area contributed by atoms with Crippen LogP contribution >= 0.6 is 0 Å². The van der Waals surface area contributed by atoms with Crippen molar-refractivity contribution < 1.29 is 19.4 Å². The van der Waals surface area contributed by atoms with E-state index in [4.69, 9.17) is 9.84 Å². The van der Waals surface area contributed by atoms with Crippen LogP contribution in [0.15, 0.2) is 24.3 Å². The molecule has 0 spiro atoms. The molecule has 2 fully saturated rings. The van der Waals surface area contributed by atoms with Crippen LogP contribution in [0.25, 0.3) is 0 Å². The molecule has 1 aliphatic carbocycles. The largest absolute Gasteiger partial charge is 0.481 e. The fraction of sp³-hybridized carbons (Fsp3) is 0.579. The number of hydrogen-bond donors (Lipinski definition) is 2. The highest BCUT2D eigenvalue weighted by Gasteiger charge is 2.42. The third kappa shape index (κ3) is 3.18. The first-order valence-electron chi connectivity index (χ1n) is 8.68. The normalized spacial score (nSPS) is 25.5. The summed E-state index contributed by atoms with van der Waals surface area (Å²) in [7, 11) is 0. The van der Waals surface area contributed by atoms with Gasteiger partial charge in [0.25, 0.3) is 0 Å². The fourth-order valence-corrected chi connectivity index (χ4v) is 3.97. The maximum Gasteiger partial charge on any atom is 0.307 e. The molecular weight excluding hydrogens is 306 g/mol. The molecule has 2 N–H and O–H groups in total. The topological polar surface area (TPSA) is 75.6 Å². The molecule has 1 saturated heterocycles. The number of ether oxygens (including phenoxy) is 1. The smallest absolute Gasteiger partial charge is 0.307 e. The number of amides is 1. The van der Waals surface area contributed by atoms with Gasteiger partial charge in [-0.05, 0) is 43.7 Å². The molecule has 5 nitrogen and oxygen atoms in total. The van der Waals surface area contributed by atoms with Gasteiger partial charge in [-0.3, -0.25) is 9.59 Å². The van der Waals surface area contributed by atoms with E-state index in [9.17, 15) is 9.59 Å². The van der Waals surface area contributed by atoms with Crippen LogP contribution in [0.5, 0.6) is 0 Å². The molecule has 0 bridgehead atoms. The van der Waals surface area contributed by atoms with E-state index in [1.165, 1.54) is 11.1 Å². The van der Waals surface area contributed by atoms with Crippen LogP contribution in [0.1, 0.15) is 36.8 Å². The Morgan fingerprint density at radius 2 is 1.88 bits per heavy atom. The van der Waals surface area contributed by atoms with Crippen molar-refractivity contribution in [3.05, 3.63) is 35.4 Å². The van der Waals surface area contributed by atoms with Crippen LogP contribution in [0, 0.1) is 18.8 Å². The third-order valence-electron chi connectivity index (χ3n) is 5.70. The molecule has 1 aromatic rings. The van der Waals surface area contributed by atoms with E-state index < -0.39 is 11.9 Å². The second-order valence-corrected chi connectivity index (χ2v) is 7.05. The predicted octanol–water partition coefficient (Wildman–Crippen LogP) is 2.27. The number of benzene rings is 1. The molecule has 2 unspecified atom stereocenters. The van der Waals surface area contributed by atoms with Gasteiger partial charge in [0.1, 0.15) is 0 Å². The third-order valence-corrected chi connectivity index (χ3v) is 5.70. The molecular formula is C19H25NO4. The van der Waals surface area contributed by atoms with Gasteiger partial charge in [-0.1, -0.05) is 24.3 Å². The van der Waals surface area contributed by atoms with Gasteiger partial charge >= 0.3 is 5.97 Å². The van der Waals surface area contributed by atoms with Crippen molar-refractivity contribution in [2.75, 3.05) is 19.8 Å². The Bertz CT molecular complexity index is 622. The lowest BCUT2D eigenvalue weighted by molar-refractivity contribution is -0.152. The van der Waals surface area contributed by atoms with E-state index in [1.54, 1.807) is 0 Å². The van der Waals surface area contributed by atoms with Gasteiger partial charge in [0, 0.05) is 25.2 Å². The summed E-state index contributed by atoms with van der Waals surface area (Å²) in [6.07, 6.45) is 3.00. The molecule has 2 atom stereocenters. The molecule has 1 amide bonds. The van der Waals surface area contributed by atoms with Gasteiger partial charge in [-0.15, -0.1) is 0 Å². The summed E-state index contributed by atoms with van der Waals surface area (Å²) in [5, 5.41) is 12.2. The highest BCUT2D eigenvalue weighted by atomic mass is 16.5. The number of rotatable bonds is 5. The second-order valence-electron chi connectivity index (χ2n) is 7.05. The lowest BCUT2D eigenvalue weighted by Crippen LogP contribution is -2.49. The van der Waals surface area contributed by atoms with Crippen molar-refractivity contribution >= 4 is 11.9 Å². The number of carboxylic acid groups (broad SMARTS) is 1. The number of hydrogen-bond acceptors (Lipinski definition) is 3. The van der Waals surface area contributed by atoms with E-state index >= 15 is 0 Å². The molecule has 24 heavy (non-hydrogen) atoms. The lowest BCUT2D eigenvalue weighted by Gasteiger charge is -2.40. The minimum atomic E-state index is -0.860. The number of aliphatic carboxylic acids is 1. The first-order valence-corrected chi connectivity index (χ1v) is 8.68. The van der Waals surface area contributed by atoms with Crippen LogP contribution in [0.3, 0.4) is 0 Å². The number of carboxylic acids is 1. The number of carbonyl (C=O) groups excluding carboxylic acids is 1. The second kappa shape index (κ2) is 6.93. The van der Waals surface area contributed by atoms with Gasteiger partial charge < -0.3 is 15.2 Å². The SMILES string of the molecule is Cc1ccccc1C1(CNC(=O)C2CCC2C(=O)O)CCOCC1. The van der Waals surface area contributed by atoms with Gasteiger partial charge in [-0.2, -0.15) is 0 Å². The zero-order chi connectivity index (χ0) is 17.2. The maximum absolute atomic E-state index is 12.4. The molecule has 2 aliphatic rings. The summed E-state index contributed by atoms with van der Waals surface area (Å²) in [6, 6.07) is 8.29. The summed E-state index contributed by atoms with van der Waals surface area (Å²) >= 11 is 0. The van der Waals surface area contributed by atoms with Gasteiger partial charge in [0.2, 0.25) is 5.91 Å². The van der Waals surface area contributed by atoms with Crippen LogP contribution in [0.4, 0.5) is 0 Å². The van der Waals surface area contributed by atoms with Crippen LogP contribution in [-0.4, -0.2) is 36.7 Å². The van der Waals surface area contributed by atoms with Crippen LogP contribution < -0.4 is 5.32 Å². The van der Waals surface area contributed by atoms with Gasteiger partial charge in [0.15, 0.2) is 0 Å². The Balaban J connectivity index is 1.73. The fourth-order valence-electron chi connectivity index (χ4n) is 3.97. The highest BCUT2D eigenvalue weighted by Crippen LogP contribution is 2.37. The van der Waals surface area contributed by atoms with Crippen molar-refractivity contribution in [3.8, 4) is 0 Å². The Kier molecular flexibility index (Phi) is 4.90. The number of aryl methyl sites for hydroxylation is 1. The Morgan fingerprint density at radius 3 is 2.46 bits per heavy atom. The maximum atomic E-state index is 12.4. The van der Waals surface area contributed by atoms with Crippen LogP contribution in [0.2, 0.25) is 0 Å². The Labute approximate surface area is 142 Å². The molecule has 0 radical (unpaired) electrons. The molecule has 130 valence electrons. The van der Waals surface area contributed by atoms with Crippen molar-refractivity contribution in [1.82, 2.24) is 5.32 Å². The monoisotopic (exact) mass is 331 g/mol. The van der Waals surface area contributed by atoms with E-state index in [2.05, 4.69) is 24.4 Å². The first-order chi connectivity index (χ1) is 11.5. The number of nitrogens with one attached hydrogen (secondary N) is 1. The summed E-state index contributed by atoms with van der Waals surface area (Å²) in [5.74, 6) is -1.88. The Morgan fingerprint density at radius 1 is 1.21 bits per heavy atom. The van der Waals surface area contributed by atoms with Crippen molar-refractivity contribution in [1.29, 1.82) is 0 Å². The summed E-state index contributed by atoms with van der Waals surface area (Å²) in [5.41, 5.74) is 2.36. The minimum absolute atomic E-state index is 0.117. The highest BCUT2D eigenvalue weighted by molar-refractivity contribution is 5.86. The molecule has 1 saturated carbocycles. The summed E-state index contributed by atoms with van der Waals surface area (Å²) in [4.78, 5) is 23.6. The first kappa shape index (κ1) is 17.0. The summed E-state index contributed by atoms with van der Waals surface area (Å²) < 4.78 is 5.53. The van der Waals surface area contributed by atoms with Crippen molar-refractivity contribution in [2.45, 2.75) is 38.0 Å². The molecule has 0 aromatic heterocycles. The van der Waals surface area contributed by atoms with E-state index in [0.29, 0.717) is 32.6 Å². The zero-order valence-corrected chi connectivity index (χ0v) is 14.1. The van der Waals surface area contributed by atoms with E-state index in [0.717, 1.165) is 12.8 Å². The predicted molar refractivity (Wildman–Crippen MR) is 89.8 cm³/mol. The van der Waals surface area contributed by atoms with Crippen molar-refractivity contribution in [2.24, 2.45) is 11.8 Å². The Hall–Kier alpha value is -1.88. The lowest BCUT2D eigenvalue weighted by atomic mass is 9.71. The molecule has 1 aromatic carbocycles. The molecule has 3 rings (SSSR count). The molecule has 1 aliphatic heterocycles. The minimum Gasteiger partial charge on any atom is -0.481 e. The average molecular weight is 331 g/mol. The zero-order valence-electron chi connectivity index (χ0n) is 14.1. The van der Waals surface area contributed by atoms with Crippen molar-refractivity contribution in [3.63, 3.8) is 0 Å². The van der Waals surface area contributed by atoms with Gasteiger partial charge in [0.05, 0.1) is 11.8 Å². The average Bonchev–Trinajstić information content (AvgIpc) is 2.52. The quantitative estimate of drug-likeness (QED) is 0.868. The van der Waals surface area contributed by atoms with Gasteiger partial charge in [-0.25, -0.2) is 0 Å². The summed E-state index contributed by atoms with van der Waals surface area (Å²) in [6.45, 7) is 4.01. The van der Waals surface area contributed by atoms with E-state index in [-0.39, 0.29) is 17.2 Å². The van der Waals surface area contributed by atoms with E-state index in [1.807, 2.05) is 12.1 Å².